The van der Waals surface area contributed by atoms with Crippen molar-refractivity contribution in [1.82, 2.24) is 14.8 Å². The van der Waals surface area contributed by atoms with Crippen LogP contribution in [-0.2, 0) is 38.9 Å². The molecule has 0 aliphatic carbocycles. The van der Waals surface area contributed by atoms with E-state index in [9.17, 15) is 22.0 Å². The van der Waals surface area contributed by atoms with Gasteiger partial charge in [0, 0.05) is 32.7 Å². The Balaban J connectivity index is 0.00000112. The molecule has 1 radical (unpaired) electrons. The molecule has 0 saturated heterocycles. The van der Waals surface area contributed by atoms with E-state index in [1.807, 2.05) is 0 Å². The average molecular weight is 412 g/mol. The standard InChI is InChI=1S/C10H6F5N3O.C2H6N.Y/c11-9(12)5-2-1-3-7(17-5)18-8(10(13,14)15)6(19)4-16-18;1-2-3;/h1-4,9,19H;3H,2H2,1H3;/q;-1;. The minimum atomic E-state index is -4.89. The van der Waals surface area contributed by atoms with Gasteiger partial charge in [0.25, 0.3) is 6.43 Å². The maximum absolute atomic E-state index is 12.7. The number of aromatic nitrogens is 3. The number of alkyl halides is 5. The Morgan fingerprint density at radius 1 is 1.30 bits per heavy atom. The molecule has 2 aromatic rings. The van der Waals surface area contributed by atoms with Crippen molar-refractivity contribution in [2.24, 2.45) is 0 Å². The average Bonchev–Trinajstić information content (AvgIpc) is 2.81. The molecule has 0 saturated carbocycles. The number of hydrogen-bond acceptors (Lipinski definition) is 3. The Kier molecular flexibility index (Phi) is 8.79. The molecule has 0 bridgehead atoms. The minimum absolute atomic E-state index is 0. The number of aromatic hydroxyl groups is 1. The van der Waals surface area contributed by atoms with Gasteiger partial charge in [-0.1, -0.05) is 13.0 Å². The molecule has 23 heavy (non-hydrogen) atoms. The van der Waals surface area contributed by atoms with Crippen LogP contribution in [0.5, 0.6) is 5.75 Å². The van der Waals surface area contributed by atoms with Crippen LogP contribution in [0.15, 0.2) is 24.4 Å². The molecule has 2 rings (SSSR count). The Hall–Kier alpha value is -1.13. The van der Waals surface area contributed by atoms with Crippen LogP contribution in [-0.4, -0.2) is 26.4 Å². The number of halogens is 5. The summed E-state index contributed by atoms with van der Waals surface area (Å²) in [6.07, 6.45) is -7.23. The summed E-state index contributed by atoms with van der Waals surface area (Å²) in [5.41, 5.74) is 4.06. The van der Waals surface area contributed by atoms with E-state index in [2.05, 4.69) is 10.1 Å². The molecule has 2 N–H and O–H groups in total. The third-order valence-corrected chi connectivity index (χ3v) is 2.21. The summed E-state index contributed by atoms with van der Waals surface area (Å²) in [5.74, 6) is -1.55. The molecule has 0 aliphatic heterocycles. The van der Waals surface area contributed by atoms with Crippen LogP contribution in [0.3, 0.4) is 0 Å². The van der Waals surface area contributed by atoms with E-state index in [1.165, 1.54) is 0 Å². The van der Waals surface area contributed by atoms with Crippen molar-refractivity contribution in [2.45, 2.75) is 19.5 Å². The van der Waals surface area contributed by atoms with Crippen LogP contribution in [0.25, 0.3) is 11.6 Å². The van der Waals surface area contributed by atoms with E-state index in [0.29, 0.717) is 12.7 Å². The van der Waals surface area contributed by atoms with Crippen LogP contribution in [0.2, 0.25) is 0 Å². The summed E-state index contributed by atoms with van der Waals surface area (Å²) >= 11 is 0. The SMILES string of the molecule is CC[NH-].Oc1cnn(-c2cccc(C(F)F)n2)c1C(F)(F)F.[Y]. The van der Waals surface area contributed by atoms with Crippen LogP contribution in [0.1, 0.15) is 24.7 Å². The van der Waals surface area contributed by atoms with Crippen LogP contribution >= 0.6 is 0 Å². The molecule has 11 heteroatoms. The van der Waals surface area contributed by atoms with Gasteiger partial charge in [0.1, 0.15) is 5.69 Å². The Morgan fingerprint density at radius 3 is 2.35 bits per heavy atom. The second-order valence-electron chi connectivity index (χ2n) is 3.86. The fourth-order valence-corrected chi connectivity index (χ4v) is 1.46. The van der Waals surface area contributed by atoms with Gasteiger partial charge in [-0.15, -0.1) is 0 Å². The van der Waals surface area contributed by atoms with Gasteiger partial charge in [-0.25, -0.2) is 18.4 Å². The molecular weight excluding hydrogens is 400 g/mol. The predicted octanol–water partition coefficient (Wildman–Crippen LogP) is 3.99. The van der Waals surface area contributed by atoms with Crippen molar-refractivity contribution < 1.29 is 59.8 Å². The molecular formula is C12H12F5N4OY-. The minimum Gasteiger partial charge on any atom is -0.678 e. The zero-order chi connectivity index (χ0) is 16.9. The summed E-state index contributed by atoms with van der Waals surface area (Å²) in [4.78, 5) is 3.37. The smallest absolute Gasteiger partial charge is 0.437 e. The molecule has 0 amide bonds. The van der Waals surface area contributed by atoms with Crippen molar-refractivity contribution in [3.05, 3.63) is 41.5 Å². The monoisotopic (exact) mass is 412 g/mol. The second-order valence-corrected chi connectivity index (χ2v) is 3.86. The van der Waals surface area contributed by atoms with Gasteiger partial charge in [-0.05, 0) is 12.1 Å². The summed E-state index contributed by atoms with van der Waals surface area (Å²) in [5, 5.41) is 12.4. The van der Waals surface area contributed by atoms with E-state index in [-0.39, 0.29) is 37.4 Å². The molecule has 2 aromatic heterocycles. The van der Waals surface area contributed by atoms with E-state index in [0.717, 1.165) is 18.2 Å². The molecule has 2 heterocycles. The van der Waals surface area contributed by atoms with Crippen molar-refractivity contribution >= 4 is 0 Å². The summed E-state index contributed by atoms with van der Waals surface area (Å²) in [6, 6.07) is 3.18. The predicted molar refractivity (Wildman–Crippen MR) is 67.8 cm³/mol. The Morgan fingerprint density at radius 2 is 1.87 bits per heavy atom. The first kappa shape index (κ1) is 21.9. The van der Waals surface area contributed by atoms with Gasteiger partial charge in [0.15, 0.2) is 17.3 Å². The zero-order valence-electron chi connectivity index (χ0n) is 11.8. The molecule has 125 valence electrons. The third kappa shape index (κ3) is 5.78. The number of nitrogens with zero attached hydrogens (tertiary/aromatic N) is 3. The van der Waals surface area contributed by atoms with Gasteiger partial charge in [-0.2, -0.15) is 24.8 Å². The summed E-state index contributed by atoms with van der Waals surface area (Å²) in [7, 11) is 0. The molecule has 0 atom stereocenters. The van der Waals surface area contributed by atoms with Crippen molar-refractivity contribution in [3.63, 3.8) is 0 Å². The van der Waals surface area contributed by atoms with E-state index in [4.69, 9.17) is 10.8 Å². The third-order valence-electron chi connectivity index (χ3n) is 2.21. The molecule has 5 nitrogen and oxygen atoms in total. The molecule has 0 unspecified atom stereocenters. The first-order valence-electron chi connectivity index (χ1n) is 5.96. The van der Waals surface area contributed by atoms with Crippen molar-refractivity contribution in [3.8, 4) is 11.6 Å². The van der Waals surface area contributed by atoms with Gasteiger partial charge < -0.3 is 10.8 Å². The molecule has 0 aromatic carbocycles. The van der Waals surface area contributed by atoms with E-state index in [1.54, 1.807) is 6.92 Å². The quantitative estimate of drug-likeness (QED) is 0.759. The Labute approximate surface area is 153 Å². The fraction of sp³-hybridized carbons (Fsp3) is 0.333. The topological polar surface area (TPSA) is 74.7 Å². The molecule has 0 fully saturated rings. The number of pyridine rings is 1. The summed E-state index contributed by atoms with van der Waals surface area (Å²) < 4.78 is 63.2. The molecule has 0 aliphatic rings. The Bertz CT molecular complexity index is 618. The summed E-state index contributed by atoms with van der Waals surface area (Å²) in [6.45, 7) is 2.29. The maximum atomic E-state index is 12.7. The van der Waals surface area contributed by atoms with E-state index >= 15 is 0 Å². The van der Waals surface area contributed by atoms with Crippen LogP contribution < -0.4 is 0 Å². The fourth-order valence-electron chi connectivity index (χ4n) is 1.46. The number of nitrogens with one attached hydrogen (secondary N) is 1. The number of hydrogen-bond donors (Lipinski definition) is 1. The van der Waals surface area contributed by atoms with Gasteiger partial charge in [0.2, 0.25) is 0 Å². The van der Waals surface area contributed by atoms with Gasteiger partial charge in [0.05, 0.1) is 6.20 Å². The first-order valence-corrected chi connectivity index (χ1v) is 5.96. The number of rotatable bonds is 2. The normalized spacial score (nSPS) is 10.8. The first-order chi connectivity index (χ1) is 10.2. The van der Waals surface area contributed by atoms with Crippen molar-refractivity contribution in [1.29, 1.82) is 0 Å². The zero-order valence-corrected chi connectivity index (χ0v) is 14.7. The maximum Gasteiger partial charge on any atom is 0.437 e. The largest absolute Gasteiger partial charge is 0.678 e. The van der Waals surface area contributed by atoms with Gasteiger partial charge >= 0.3 is 6.18 Å². The molecule has 0 spiro atoms. The van der Waals surface area contributed by atoms with Crippen LogP contribution in [0, 0.1) is 0 Å². The van der Waals surface area contributed by atoms with Crippen molar-refractivity contribution in [2.75, 3.05) is 6.54 Å². The van der Waals surface area contributed by atoms with Gasteiger partial charge in [-0.3, -0.25) is 0 Å². The van der Waals surface area contributed by atoms with Crippen LogP contribution in [0.4, 0.5) is 22.0 Å². The van der Waals surface area contributed by atoms with E-state index < -0.39 is 35.6 Å². The second kappa shape index (κ2) is 9.24.